The van der Waals surface area contributed by atoms with Crippen LogP contribution in [-0.2, 0) is 16.2 Å². The summed E-state index contributed by atoms with van der Waals surface area (Å²) in [6, 6.07) is 5.78. The molecule has 0 unspecified atom stereocenters. The topological polar surface area (TPSA) is 120 Å². The molecule has 0 atom stereocenters. The quantitative estimate of drug-likeness (QED) is 0.697. The van der Waals surface area contributed by atoms with Crippen LogP contribution in [0.3, 0.4) is 0 Å². The summed E-state index contributed by atoms with van der Waals surface area (Å²) in [5.41, 5.74) is 15.5. The molecule has 0 saturated carbocycles. The molecule has 0 bridgehead atoms. The number of fused-ring (bicyclic) bond motifs is 1. The summed E-state index contributed by atoms with van der Waals surface area (Å²) in [5.74, 6) is 0.778. The minimum absolute atomic E-state index is 0.186. The van der Waals surface area contributed by atoms with Gasteiger partial charge in [0.05, 0.1) is 18.8 Å². The highest BCUT2D eigenvalue weighted by molar-refractivity contribution is 6.05. The van der Waals surface area contributed by atoms with Crippen LogP contribution in [-0.4, -0.2) is 39.9 Å². The van der Waals surface area contributed by atoms with Crippen molar-refractivity contribution in [1.82, 2.24) is 15.0 Å². The van der Waals surface area contributed by atoms with E-state index in [1.54, 1.807) is 12.4 Å². The molecule has 1 aliphatic rings. The number of rotatable bonds is 7. The number of nitrogens with zero attached hydrogens (tertiary/aromatic N) is 4. The van der Waals surface area contributed by atoms with E-state index < -0.39 is 0 Å². The highest BCUT2D eigenvalue weighted by Crippen LogP contribution is 2.31. The van der Waals surface area contributed by atoms with E-state index in [0.29, 0.717) is 42.6 Å². The summed E-state index contributed by atoms with van der Waals surface area (Å²) < 4.78 is 0. The normalized spacial score (nSPS) is 13.2. The van der Waals surface area contributed by atoms with Gasteiger partial charge in [0, 0.05) is 42.1 Å². The summed E-state index contributed by atoms with van der Waals surface area (Å²) in [6.45, 7) is 5.09. The Morgan fingerprint density at radius 2 is 1.97 bits per heavy atom. The maximum absolute atomic E-state index is 12.9. The minimum atomic E-state index is -0.186. The molecular formula is C21H26N6O2. The second kappa shape index (κ2) is 9.40. The number of amides is 1. The molecule has 3 rings (SSSR count). The minimum Gasteiger partial charge on any atom is -0.387 e. The van der Waals surface area contributed by atoms with Gasteiger partial charge in [-0.1, -0.05) is 19.1 Å². The lowest BCUT2D eigenvalue weighted by Gasteiger charge is -2.21. The standard InChI is InChI=1S/C21H26N6O2/c1-3-7-27(29-4-2)21(28)16-8-15-6-5-14(9-18(15)26-19(23)10-16)17-12-24-20(11-22)25-13-17/h5-6,8-9,12-13H,3-4,7,10-11,22H2,1-2H3,(H2,23,26). The number of nitrogens with two attached hydrogens (primary N) is 2. The average Bonchev–Trinajstić information content (AvgIpc) is 2.90. The van der Waals surface area contributed by atoms with Crippen LogP contribution in [0.4, 0.5) is 5.69 Å². The largest absolute Gasteiger partial charge is 0.387 e. The van der Waals surface area contributed by atoms with Crippen LogP contribution in [0.15, 0.2) is 41.2 Å². The van der Waals surface area contributed by atoms with Gasteiger partial charge in [0.1, 0.15) is 11.7 Å². The van der Waals surface area contributed by atoms with Crippen molar-refractivity contribution in [2.24, 2.45) is 16.5 Å². The second-order valence-corrected chi connectivity index (χ2v) is 6.64. The molecule has 4 N–H and O–H groups in total. The van der Waals surface area contributed by atoms with Crippen LogP contribution < -0.4 is 11.5 Å². The first-order chi connectivity index (χ1) is 14.0. The molecule has 0 aliphatic carbocycles. The molecule has 1 aromatic heterocycles. The van der Waals surface area contributed by atoms with Gasteiger partial charge in [-0.2, -0.15) is 0 Å². The first-order valence-electron chi connectivity index (χ1n) is 9.69. The van der Waals surface area contributed by atoms with Crippen LogP contribution >= 0.6 is 0 Å². The molecule has 0 spiro atoms. The number of carbonyl (C=O) groups is 1. The number of aliphatic imine (C=N–C) groups is 1. The summed E-state index contributed by atoms with van der Waals surface area (Å²) in [6.07, 6.45) is 6.37. The Morgan fingerprint density at radius 3 is 2.62 bits per heavy atom. The molecule has 0 radical (unpaired) electrons. The van der Waals surface area contributed by atoms with Gasteiger partial charge < -0.3 is 11.5 Å². The van der Waals surface area contributed by atoms with Gasteiger partial charge in [0.2, 0.25) is 0 Å². The van der Waals surface area contributed by atoms with Crippen LogP contribution in [0, 0.1) is 0 Å². The lowest BCUT2D eigenvalue weighted by Crippen LogP contribution is -2.34. The molecule has 1 aliphatic heterocycles. The van der Waals surface area contributed by atoms with Gasteiger partial charge in [-0.3, -0.25) is 9.63 Å². The van der Waals surface area contributed by atoms with E-state index in [1.807, 2.05) is 38.1 Å². The fraction of sp³-hybridized carbons (Fsp3) is 0.333. The van der Waals surface area contributed by atoms with Crippen LogP contribution in [0.1, 0.15) is 38.1 Å². The van der Waals surface area contributed by atoms with E-state index >= 15 is 0 Å². The zero-order valence-electron chi connectivity index (χ0n) is 16.8. The number of aromatic nitrogens is 2. The monoisotopic (exact) mass is 394 g/mol. The fourth-order valence-electron chi connectivity index (χ4n) is 3.06. The highest BCUT2D eigenvalue weighted by Gasteiger charge is 2.22. The summed E-state index contributed by atoms with van der Waals surface area (Å²) >= 11 is 0. The van der Waals surface area contributed by atoms with Gasteiger partial charge >= 0.3 is 0 Å². The van der Waals surface area contributed by atoms with E-state index in [-0.39, 0.29) is 12.3 Å². The van der Waals surface area contributed by atoms with E-state index in [1.165, 1.54) is 5.06 Å². The van der Waals surface area contributed by atoms with Crippen molar-refractivity contribution in [3.63, 3.8) is 0 Å². The van der Waals surface area contributed by atoms with Crippen LogP contribution in [0.25, 0.3) is 17.2 Å². The first-order valence-corrected chi connectivity index (χ1v) is 9.69. The van der Waals surface area contributed by atoms with Gasteiger partial charge in [0.25, 0.3) is 5.91 Å². The molecule has 1 aromatic carbocycles. The van der Waals surface area contributed by atoms with Gasteiger partial charge in [-0.25, -0.2) is 20.0 Å². The number of amidine groups is 1. The Labute approximate surface area is 170 Å². The van der Waals surface area contributed by atoms with Crippen molar-refractivity contribution in [2.45, 2.75) is 33.2 Å². The van der Waals surface area contributed by atoms with E-state index in [4.69, 9.17) is 16.3 Å². The maximum atomic E-state index is 12.9. The lowest BCUT2D eigenvalue weighted by molar-refractivity contribution is -0.180. The predicted molar refractivity (Wildman–Crippen MR) is 113 cm³/mol. The van der Waals surface area contributed by atoms with Gasteiger partial charge in [-0.05, 0) is 31.1 Å². The third kappa shape index (κ3) is 4.85. The van der Waals surface area contributed by atoms with Crippen LogP contribution in [0.5, 0.6) is 0 Å². The number of benzene rings is 1. The Hall–Kier alpha value is -3.10. The van der Waals surface area contributed by atoms with Crippen molar-refractivity contribution in [3.8, 4) is 11.1 Å². The first kappa shape index (κ1) is 20.6. The fourth-order valence-corrected chi connectivity index (χ4v) is 3.06. The Balaban J connectivity index is 1.94. The molecule has 2 aromatic rings. The van der Waals surface area contributed by atoms with Gasteiger partial charge in [-0.15, -0.1) is 0 Å². The lowest BCUT2D eigenvalue weighted by atomic mass is 10.0. The molecule has 29 heavy (non-hydrogen) atoms. The zero-order valence-corrected chi connectivity index (χ0v) is 16.8. The van der Waals surface area contributed by atoms with Crippen molar-refractivity contribution in [3.05, 3.63) is 47.6 Å². The predicted octanol–water partition coefficient (Wildman–Crippen LogP) is 2.57. The molecule has 0 saturated heterocycles. The molecule has 8 nitrogen and oxygen atoms in total. The number of carbonyl (C=O) groups excluding carboxylic acids is 1. The van der Waals surface area contributed by atoms with Crippen LogP contribution in [0.2, 0.25) is 0 Å². The van der Waals surface area contributed by atoms with Crippen molar-refractivity contribution in [2.75, 3.05) is 13.2 Å². The molecule has 2 heterocycles. The van der Waals surface area contributed by atoms with Gasteiger partial charge in [0.15, 0.2) is 0 Å². The Kier molecular flexibility index (Phi) is 6.69. The highest BCUT2D eigenvalue weighted by atomic mass is 16.7. The maximum Gasteiger partial charge on any atom is 0.273 e. The third-order valence-corrected chi connectivity index (χ3v) is 4.43. The van der Waals surface area contributed by atoms with Crippen molar-refractivity contribution >= 4 is 23.5 Å². The smallest absolute Gasteiger partial charge is 0.273 e. The number of hydrogen-bond acceptors (Lipinski definition) is 7. The van der Waals surface area contributed by atoms with E-state index in [2.05, 4.69) is 15.0 Å². The van der Waals surface area contributed by atoms with E-state index in [0.717, 1.165) is 23.1 Å². The Morgan fingerprint density at radius 1 is 1.21 bits per heavy atom. The molecule has 0 fully saturated rings. The third-order valence-electron chi connectivity index (χ3n) is 4.43. The van der Waals surface area contributed by atoms with Crippen molar-refractivity contribution in [1.29, 1.82) is 0 Å². The molecular weight excluding hydrogens is 368 g/mol. The average molecular weight is 394 g/mol. The number of hydroxylamine groups is 2. The SMILES string of the molecule is CCCN(OCC)C(=O)C1=Cc2ccc(-c3cnc(CN)nc3)cc2N=C(N)C1. The number of hydrogen-bond donors (Lipinski definition) is 2. The summed E-state index contributed by atoms with van der Waals surface area (Å²) in [7, 11) is 0. The summed E-state index contributed by atoms with van der Waals surface area (Å²) in [5, 5.41) is 1.40. The molecule has 1 amide bonds. The molecule has 152 valence electrons. The molecule has 8 heteroatoms. The Bertz CT molecular complexity index is 931. The second-order valence-electron chi connectivity index (χ2n) is 6.64. The van der Waals surface area contributed by atoms with E-state index in [9.17, 15) is 4.79 Å². The zero-order chi connectivity index (χ0) is 20.8. The van der Waals surface area contributed by atoms with Crippen molar-refractivity contribution < 1.29 is 9.63 Å². The summed E-state index contributed by atoms with van der Waals surface area (Å²) in [4.78, 5) is 31.4.